The number of alkyl halides is 3. The number of carbonyl (C=O) groups is 2. The number of rotatable bonds is 8. The molecule has 4 aromatic heterocycles. The maximum Gasteiger partial charge on any atom is 0.434 e. The molecule has 19 heteroatoms. The van der Waals surface area contributed by atoms with Crippen LogP contribution in [0.15, 0.2) is 98.1 Å². The quantitative estimate of drug-likeness (QED) is 0.170. The van der Waals surface area contributed by atoms with E-state index in [1.54, 1.807) is 30.7 Å². The van der Waals surface area contributed by atoms with Crippen LogP contribution in [0.25, 0.3) is 11.6 Å². The van der Waals surface area contributed by atoms with Crippen molar-refractivity contribution >= 4 is 23.2 Å². The van der Waals surface area contributed by atoms with Crippen molar-refractivity contribution in [1.82, 2.24) is 50.1 Å². The van der Waals surface area contributed by atoms with Crippen LogP contribution in [0.5, 0.6) is 0 Å². The highest BCUT2D eigenvalue weighted by atomic mass is 19.4. The lowest BCUT2D eigenvalue weighted by Gasteiger charge is -2.24. The molecule has 0 aliphatic carbocycles. The van der Waals surface area contributed by atoms with Gasteiger partial charge < -0.3 is 30.7 Å². The topological polar surface area (TPSA) is 188 Å². The first-order valence-corrected chi connectivity index (χ1v) is 17.8. The van der Waals surface area contributed by atoms with Crippen LogP contribution in [0.1, 0.15) is 55.4 Å². The number of aryl methyl sites for hydroxylation is 1. The molecule has 16 nitrogen and oxygen atoms in total. The average molecular weight is 783 g/mol. The molecular weight excluding hydrogens is 745 g/mol. The summed E-state index contributed by atoms with van der Waals surface area (Å²) in [4.78, 5) is 40.4. The van der Waals surface area contributed by atoms with Gasteiger partial charge in [-0.2, -0.15) is 23.4 Å². The molecule has 0 unspecified atom stereocenters. The number of carbonyl (C=O) groups excluding carboxylic acids is 2. The van der Waals surface area contributed by atoms with Crippen molar-refractivity contribution in [2.45, 2.75) is 25.3 Å². The molecule has 0 saturated carbocycles. The van der Waals surface area contributed by atoms with Crippen LogP contribution >= 0.6 is 0 Å². The molecule has 0 spiro atoms. The first kappa shape index (κ1) is 38.8. The number of hydrogen-bond acceptors (Lipinski definition) is 12. The monoisotopic (exact) mass is 782 g/mol. The molecule has 2 atom stereocenters. The Morgan fingerprint density at radius 2 is 1.16 bits per heavy atom. The Hall–Kier alpha value is -6.41. The van der Waals surface area contributed by atoms with Gasteiger partial charge in [0.1, 0.15) is 0 Å². The van der Waals surface area contributed by atoms with E-state index >= 15 is 0 Å². The molecule has 2 amide bonds. The lowest BCUT2D eigenvalue weighted by atomic mass is 10.1. The third kappa shape index (κ3) is 10.1. The minimum absolute atomic E-state index is 0.0321. The van der Waals surface area contributed by atoms with Crippen LogP contribution < -0.4 is 21.3 Å². The Morgan fingerprint density at radius 3 is 1.60 bits per heavy atom. The number of anilines is 2. The number of halogens is 3. The standard InChI is InChI=1S/C19H17F3N6O2.C19H20N6O2/c20-19(21,22)16-9-24-10-17(27-16)28-11-13(7-25-28)18(29)26-14-3-1-12(2-4-14)15-8-23-5-6-30-15;1-13-8-21-11-18(23-13)25-12-15(9-22-25)19(26)24-16-4-2-14(3-5-16)17-10-20-6-7-27-17/h1-4,7,9-11,15,23H,5-6,8H2,(H,26,29);2-5,8-9,11-12,17,20H,6-7,10H2,1H3,(H,24,26)/t15-;17-/m11/s1. The van der Waals surface area contributed by atoms with Gasteiger partial charge in [-0.25, -0.2) is 19.3 Å². The zero-order valence-corrected chi connectivity index (χ0v) is 30.5. The van der Waals surface area contributed by atoms with E-state index in [2.05, 4.69) is 51.4 Å². The minimum Gasteiger partial charge on any atom is -0.371 e. The maximum atomic E-state index is 12.8. The SMILES string of the molecule is Cc1cncc(-n2cc(C(=O)Nc3ccc([C@H]4CNCCO4)cc3)cn2)n1.O=C(Nc1ccc([C@H]2CNCCO2)cc1)c1cnn(-c2cncc(C(F)(F)F)n2)c1. The summed E-state index contributed by atoms with van der Waals surface area (Å²) in [5.74, 6) is -0.261. The number of aromatic nitrogens is 8. The van der Waals surface area contributed by atoms with Crippen LogP contribution in [0.2, 0.25) is 0 Å². The second-order valence-electron chi connectivity index (χ2n) is 12.9. The number of nitrogens with one attached hydrogen (secondary N) is 4. The van der Waals surface area contributed by atoms with Crippen molar-refractivity contribution in [2.75, 3.05) is 50.0 Å². The summed E-state index contributed by atoms with van der Waals surface area (Å²) in [6.07, 6.45) is 6.09. The van der Waals surface area contributed by atoms with Crippen molar-refractivity contribution in [2.24, 2.45) is 0 Å². The molecule has 294 valence electrons. The molecular formula is C38H37F3N12O4. The van der Waals surface area contributed by atoms with E-state index in [1.807, 2.05) is 43.3 Å². The first-order chi connectivity index (χ1) is 27.6. The van der Waals surface area contributed by atoms with Gasteiger partial charge in [0.15, 0.2) is 17.3 Å². The summed E-state index contributed by atoms with van der Waals surface area (Å²) < 4.78 is 52.4. The highest BCUT2D eigenvalue weighted by Gasteiger charge is 2.33. The fourth-order valence-corrected chi connectivity index (χ4v) is 5.82. The molecule has 57 heavy (non-hydrogen) atoms. The van der Waals surface area contributed by atoms with Crippen molar-refractivity contribution in [3.05, 3.63) is 132 Å². The second-order valence-corrected chi connectivity index (χ2v) is 12.9. The number of hydrogen-bond donors (Lipinski definition) is 4. The van der Waals surface area contributed by atoms with E-state index in [9.17, 15) is 22.8 Å². The summed E-state index contributed by atoms with van der Waals surface area (Å²) in [5.41, 5.74) is 3.63. The largest absolute Gasteiger partial charge is 0.434 e. The van der Waals surface area contributed by atoms with Crippen molar-refractivity contribution in [3.63, 3.8) is 0 Å². The van der Waals surface area contributed by atoms with Gasteiger partial charge in [0.05, 0.1) is 73.2 Å². The Bertz CT molecular complexity index is 2290. The predicted molar refractivity (Wildman–Crippen MR) is 200 cm³/mol. The molecule has 8 rings (SSSR count). The fraction of sp³-hybridized carbons (Fsp3) is 0.263. The lowest BCUT2D eigenvalue weighted by molar-refractivity contribution is -0.141. The summed E-state index contributed by atoms with van der Waals surface area (Å²) >= 11 is 0. The molecule has 6 aromatic rings. The predicted octanol–water partition coefficient (Wildman–Crippen LogP) is 4.48. The van der Waals surface area contributed by atoms with Crippen LogP contribution in [0, 0.1) is 6.92 Å². The van der Waals surface area contributed by atoms with Crippen molar-refractivity contribution < 1.29 is 32.2 Å². The summed E-state index contributed by atoms with van der Waals surface area (Å²) in [6, 6.07) is 15.0. The maximum absolute atomic E-state index is 12.8. The van der Waals surface area contributed by atoms with Crippen LogP contribution in [0.3, 0.4) is 0 Å². The number of amides is 2. The smallest absolute Gasteiger partial charge is 0.371 e. The van der Waals surface area contributed by atoms with Crippen molar-refractivity contribution in [3.8, 4) is 11.6 Å². The summed E-state index contributed by atoms with van der Waals surface area (Å²) in [7, 11) is 0. The average Bonchev–Trinajstić information content (AvgIpc) is 3.94. The van der Waals surface area contributed by atoms with Crippen molar-refractivity contribution in [1.29, 1.82) is 0 Å². The molecule has 4 N–H and O–H groups in total. The van der Waals surface area contributed by atoms with Crippen LogP contribution in [0.4, 0.5) is 24.5 Å². The van der Waals surface area contributed by atoms with E-state index in [-0.39, 0.29) is 29.5 Å². The molecule has 2 aromatic carbocycles. The molecule has 2 aliphatic rings. The third-order valence-corrected chi connectivity index (χ3v) is 8.75. The Morgan fingerprint density at radius 1 is 0.684 bits per heavy atom. The highest BCUT2D eigenvalue weighted by molar-refractivity contribution is 6.04. The van der Waals surface area contributed by atoms with Gasteiger partial charge in [-0.15, -0.1) is 0 Å². The van der Waals surface area contributed by atoms with Gasteiger partial charge in [-0.1, -0.05) is 24.3 Å². The molecule has 6 heterocycles. The third-order valence-electron chi connectivity index (χ3n) is 8.75. The number of nitrogens with zero attached hydrogens (tertiary/aromatic N) is 8. The van der Waals surface area contributed by atoms with E-state index in [4.69, 9.17) is 9.47 Å². The van der Waals surface area contributed by atoms with E-state index < -0.39 is 17.8 Å². The number of benzene rings is 2. The van der Waals surface area contributed by atoms with E-state index in [0.29, 0.717) is 36.5 Å². The van der Waals surface area contributed by atoms with Gasteiger partial charge in [0.25, 0.3) is 11.8 Å². The van der Waals surface area contributed by atoms with Gasteiger partial charge in [0, 0.05) is 56.1 Å². The molecule has 2 aliphatic heterocycles. The van der Waals surface area contributed by atoms with Crippen LogP contribution in [-0.4, -0.2) is 90.7 Å². The second kappa shape index (κ2) is 17.6. The molecule has 0 radical (unpaired) electrons. The number of morpholine rings is 2. The van der Waals surface area contributed by atoms with Gasteiger partial charge >= 0.3 is 6.18 Å². The summed E-state index contributed by atoms with van der Waals surface area (Å²) in [6.45, 7) is 6.43. The van der Waals surface area contributed by atoms with E-state index in [1.165, 1.54) is 23.3 Å². The Balaban J connectivity index is 0.000000175. The summed E-state index contributed by atoms with van der Waals surface area (Å²) in [5, 5.41) is 20.3. The zero-order chi connectivity index (χ0) is 39.8. The first-order valence-electron chi connectivity index (χ1n) is 17.8. The molecule has 0 bridgehead atoms. The highest BCUT2D eigenvalue weighted by Crippen LogP contribution is 2.27. The normalized spacial score (nSPS) is 16.9. The fourth-order valence-electron chi connectivity index (χ4n) is 5.82. The Kier molecular flexibility index (Phi) is 12.0. The minimum atomic E-state index is -4.62. The zero-order valence-electron chi connectivity index (χ0n) is 30.5. The van der Waals surface area contributed by atoms with Gasteiger partial charge in [0.2, 0.25) is 0 Å². The molecule has 2 saturated heterocycles. The lowest BCUT2D eigenvalue weighted by Crippen LogP contribution is -2.33. The van der Waals surface area contributed by atoms with E-state index in [0.717, 1.165) is 59.6 Å². The van der Waals surface area contributed by atoms with Crippen LogP contribution in [-0.2, 0) is 15.7 Å². The number of ether oxygens (including phenoxy) is 2. The Labute approximate surface area is 323 Å². The van der Waals surface area contributed by atoms with Gasteiger partial charge in [-0.05, 0) is 42.3 Å². The van der Waals surface area contributed by atoms with Gasteiger partial charge in [-0.3, -0.25) is 19.6 Å². The molecule has 2 fully saturated rings.